The van der Waals surface area contributed by atoms with Crippen LogP contribution in [-0.4, -0.2) is 40.2 Å². The molecule has 9 heteroatoms. The van der Waals surface area contributed by atoms with Crippen LogP contribution in [0.1, 0.15) is 35.3 Å². The highest BCUT2D eigenvalue weighted by molar-refractivity contribution is 8.18. The molecule has 190 valence electrons. The second kappa shape index (κ2) is 12.0. The van der Waals surface area contributed by atoms with Crippen LogP contribution in [0, 0.1) is 0 Å². The molecule has 1 N–H and O–H groups in total. The van der Waals surface area contributed by atoms with Crippen molar-refractivity contribution in [1.29, 1.82) is 0 Å². The first kappa shape index (κ1) is 26.3. The zero-order chi connectivity index (χ0) is 26.4. The van der Waals surface area contributed by atoms with E-state index in [-0.39, 0.29) is 11.5 Å². The molecule has 0 bridgehead atoms. The zero-order valence-electron chi connectivity index (χ0n) is 20.3. The number of benzene rings is 3. The van der Waals surface area contributed by atoms with Crippen molar-refractivity contribution in [3.8, 4) is 11.5 Å². The Labute approximate surface area is 224 Å². The van der Waals surface area contributed by atoms with Crippen LogP contribution >= 0.6 is 23.4 Å². The van der Waals surface area contributed by atoms with Gasteiger partial charge in [-0.1, -0.05) is 29.8 Å². The Bertz CT molecular complexity index is 1350. The molecular formula is C28H25ClN2O5S. The number of carboxylic acids is 1. The quantitative estimate of drug-likeness (QED) is 0.308. The Morgan fingerprint density at radius 2 is 1.76 bits per heavy atom. The zero-order valence-corrected chi connectivity index (χ0v) is 21.9. The minimum absolute atomic E-state index is 0.144. The third kappa shape index (κ3) is 6.53. The molecule has 0 unspecified atom stereocenters. The number of nitrogens with zero attached hydrogens (tertiary/aromatic N) is 2. The summed E-state index contributed by atoms with van der Waals surface area (Å²) in [5, 5.41) is 10.3. The Hall–Kier alpha value is -3.75. The van der Waals surface area contributed by atoms with Gasteiger partial charge in [-0.25, -0.2) is 9.79 Å². The second-order valence-electron chi connectivity index (χ2n) is 7.96. The third-order valence-electron chi connectivity index (χ3n) is 5.42. The molecule has 3 aromatic carbocycles. The Morgan fingerprint density at radius 1 is 1.03 bits per heavy atom. The van der Waals surface area contributed by atoms with Crippen LogP contribution in [-0.2, 0) is 11.4 Å². The van der Waals surface area contributed by atoms with Crippen molar-refractivity contribution in [2.24, 2.45) is 4.99 Å². The SMILES string of the molecule is CCOc1cc(/C=C2\SC(=Nc3ccc(C(=O)O)cc3)N(CC)C2=O)ccc1OCc1ccc(Cl)cc1. The summed E-state index contributed by atoms with van der Waals surface area (Å²) in [5.74, 6) is 0.0416. The van der Waals surface area contributed by atoms with Gasteiger partial charge in [-0.05, 0) is 91.3 Å². The summed E-state index contributed by atoms with van der Waals surface area (Å²) >= 11 is 7.23. The fraction of sp³-hybridized carbons (Fsp3) is 0.179. The van der Waals surface area contributed by atoms with Gasteiger partial charge >= 0.3 is 5.97 Å². The molecule has 37 heavy (non-hydrogen) atoms. The molecule has 4 rings (SSSR count). The molecule has 1 amide bonds. The maximum atomic E-state index is 13.1. The van der Waals surface area contributed by atoms with E-state index in [1.807, 2.05) is 56.3 Å². The summed E-state index contributed by atoms with van der Waals surface area (Å²) in [7, 11) is 0. The van der Waals surface area contributed by atoms with Crippen LogP contribution in [0.4, 0.5) is 5.69 Å². The topological polar surface area (TPSA) is 88.4 Å². The van der Waals surface area contributed by atoms with E-state index >= 15 is 0 Å². The third-order valence-corrected chi connectivity index (χ3v) is 6.67. The van der Waals surface area contributed by atoms with Crippen LogP contribution in [0.2, 0.25) is 5.02 Å². The number of carboxylic acid groups (broad SMARTS) is 1. The molecule has 0 radical (unpaired) electrons. The average molecular weight is 537 g/mol. The number of hydrogen-bond acceptors (Lipinski definition) is 6. The van der Waals surface area contributed by atoms with Crippen LogP contribution in [0.5, 0.6) is 11.5 Å². The number of likely N-dealkylation sites (N-methyl/N-ethyl adjacent to an activating group) is 1. The highest BCUT2D eigenvalue weighted by Crippen LogP contribution is 2.36. The van der Waals surface area contributed by atoms with Crippen molar-refractivity contribution in [1.82, 2.24) is 4.90 Å². The molecule has 7 nitrogen and oxygen atoms in total. The number of hydrogen-bond donors (Lipinski definition) is 1. The molecule has 1 aliphatic heterocycles. The molecule has 0 aromatic heterocycles. The number of halogens is 1. The largest absolute Gasteiger partial charge is 0.490 e. The van der Waals surface area contributed by atoms with Crippen LogP contribution < -0.4 is 9.47 Å². The van der Waals surface area contributed by atoms with Gasteiger partial charge in [0.1, 0.15) is 6.61 Å². The second-order valence-corrected chi connectivity index (χ2v) is 9.41. The van der Waals surface area contributed by atoms with E-state index in [0.29, 0.717) is 52.0 Å². The average Bonchev–Trinajstić information content (AvgIpc) is 3.18. The minimum Gasteiger partial charge on any atom is -0.490 e. The molecule has 0 atom stereocenters. The molecular weight excluding hydrogens is 512 g/mol. The first-order valence-corrected chi connectivity index (χ1v) is 12.8. The van der Waals surface area contributed by atoms with Crippen LogP contribution in [0.25, 0.3) is 6.08 Å². The number of carbonyl (C=O) groups is 2. The number of aromatic carboxylic acids is 1. The Balaban J connectivity index is 1.55. The highest BCUT2D eigenvalue weighted by Gasteiger charge is 2.32. The fourth-order valence-electron chi connectivity index (χ4n) is 3.55. The Morgan fingerprint density at radius 3 is 2.41 bits per heavy atom. The molecule has 0 saturated carbocycles. The van der Waals surface area contributed by atoms with Gasteiger partial charge in [0.05, 0.1) is 22.8 Å². The normalized spacial score (nSPS) is 15.4. The molecule has 0 spiro atoms. The molecule has 1 saturated heterocycles. The van der Waals surface area contributed by atoms with E-state index in [4.69, 9.17) is 26.2 Å². The standard InChI is InChI=1S/C28H25ClN2O5S/c1-3-31-26(32)25(37-28(31)30-22-12-8-20(9-13-22)27(33)34)16-19-7-14-23(24(15-19)35-4-2)36-17-18-5-10-21(29)11-6-18/h5-16H,3-4,17H2,1-2H3,(H,33,34)/b25-16-,30-28?. The monoisotopic (exact) mass is 536 g/mol. The first-order valence-electron chi connectivity index (χ1n) is 11.7. The molecule has 3 aromatic rings. The van der Waals surface area contributed by atoms with Gasteiger partial charge in [0.2, 0.25) is 0 Å². The summed E-state index contributed by atoms with van der Waals surface area (Å²) in [5.41, 5.74) is 2.52. The van der Waals surface area contributed by atoms with Gasteiger partial charge in [0.15, 0.2) is 16.7 Å². The lowest BCUT2D eigenvalue weighted by Gasteiger charge is -2.13. The van der Waals surface area contributed by atoms with E-state index in [1.54, 1.807) is 23.1 Å². The van der Waals surface area contributed by atoms with Crippen molar-refractivity contribution in [2.75, 3.05) is 13.2 Å². The predicted molar refractivity (Wildman–Crippen MR) is 147 cm³/mol. The number of amidine groups is 1. The minimum atomic E-state index is -1.00. The van der Waals surface area contributed by atoms with Gasteiger partial charge in [0.25, 0.3) is 5.91 Å². The lowest BCUT2D eigenvalue weighted by atomic mass is 10.1. The first-order chi connectivity index (χ1) is 17.9. The number of ether oxygens (including phenoxy) is 2. The van der Waals surface area contributed by atoms with Gasteiger partial charge in [-0.2, -0.15) is 0 Å². The summed E-state index contributed by atoms with van der Waals surface area (Å²) in [6.07, 6.45) is 1.80. The summed E-state index contributed by atoms with van der Waals surface area (Å²) in [6.45, 7) is 5.06. The summed E-state index contributed by atoms with van der Waals surface area (Å²) in [6, 6.07) is 19.2. The number of rotatable bonds is 9. The van der Waals surface area contributed by atoms with Crippen LogP contribution in [0.15, 0.2) is 76.6 Å². The number of carbonyl (C=O) groups excluding carboxylic acids is 1. The number of aliphatic imine (C=N–C) groups is 1. The highest BCUT2D eigenvalue weighted by atomic mass is 35.5. The van der Waals surface area contributed by atoms with Crippen molar-refractivity contribution in [2.45, 2.75) is 20.5 Å². The van der Waals surface area contributed by atoms with E-state index < -0.39 is 5.97 Å². The van der Waals surface area contributed by atoms with Gasteiger partial charge < -0.3 is 14.6 Å². The van der Waals surface area contributed by atoms with E-state index in [1.165, 1.54) is 23.9 Å². The maximum absolute atomic E-state index is 13.1. The van der Waals surface area contributed by atoms with Crippen molar-refractivity contribution in [3.63, 3.8) is 0 Å². The predicted octanol–water partition coefficient (Wildman–Crippen LogP) is 6.64. The molecule has 1 fully saturated rings. The molecule has 1 heterocycles. The van der Waals surface area contributed by atoms with Gasteiger partial charge in [-0.3, -0.25) is 9.69 Å². The van der Waals surface area contributed by atoms with Crippen molar-refractivity contribution >= 4 is 52.2 Å². The van der Waals surface area contributed by atoms with Crippen LogP contribution in [0.3, 0.4) is 0 Å². The Kier molecular flexibility index (Phi) is 8.53. The van der Waals surface area contributed by atoms with Crippen molar-refractivity contribution in [3.05, 3.63) is 93.3 Å². The lowest BCUT2D eigenvalue weighted by molar-refractivity contribution is -0.122. The van der Waals surface area contributed by atoms with E-state index in [9.17, 15) is 9.59 Å². The lowest BCUT2D eigenvalue weighted by Crippen LogP contribution is -2.28. The number of thioether (sulfide) groups is 1. The van der Waals surface area contributed by atoms with E-state index in [2.05, 4.69) is 4.99 Å². The molecule has 1 aliphatic rings. The van der Waals surface area contributed by atoms with Crippen molar-refractivity contribution < 1.29 is 24.2 Å². The smallest absolute Gasteiger partial charge is 0.335 e. The summed E-state index contributed by atoms with van der Waals surface area (Å²) < 4.78 is 11.8. The fourth-order valence-corrected chi connectivity index (χ4v) is 4.74. The summed E-state index contributed by atoms with van der Waals surface area (Å²) in [4.78, 5) is 30.8. The van der Waals surface area contributed by atoms with E-state index in [0.717, 1.165) is 11.1 Å². The maximum Gasteiger partial charge on any atom is 0.335 e. The molecule has 0 aliphatic carbocycles. The van der Waals surface area contributed by atoms with Gasteiger partial charge in [-0.15, -0.1) is 0 Å². The number of amides is 1. The van der Waals surface area contributed by atoms with Gasteiger partial charge in [0, 0.05) is 11.6 Å².